The Kier molecular flexibility index (Phi) is 7.50. The maximum Gasteiger partial charge on any atom is 0.116 e. The fourth-order valence-electron chi connectivity index (χ4n) is 9.42. The van der Waals surface area contributed by atoms with E-state index in [4.69, 9.17) is 20.0 Å². The van der Waals surface area contributed by atoms with Crippen molar-refractivity contribution in [2.45, 2.75) is 0 Å². The van der Waals surface area contributed by atoms with Crippen molar-refractivity contribution in [3.8, 4) is 11.4 Å². The van der Waals surface area contributed by atoms with Crippen molar-refractivity contribution >= 4 is 88.2 Å². The Balaban J connectivity index is 1.11. The molecular formula is C56H34N6. The lowest BCUT2D eigenvalue weighted by Crippen LogP contribution is -2.13. The van der Waals surface area contributed by atoms with Gasteiger partial charge in [-0.1, -0.05) is 133 Å². The zero-order chi connectivity index (χ0) is 40.7. The van der Waals surface area contributed by atoms with Gasteiger partial charge in [0, 0.05) is 54.8 Å². The third-order valence-corrected chi connectivity index (χ3v) is 12.2. The van der Waals surface area contributed by atoms with Crippen LogP contribution in [0.25, 0.3) is 76.8 Å². The van der Waals surface area contributed by atoms with Gasteiger partial charge in [0.15, 0.2) is 0 Å². The molecule has 0 bridgehead atoms. The maximum atomic E-state index is 5.67. The molecule has 1 aliphatic heterocycles. The molecule has 8 aromatic carbocycles. The molecular weight excluding hydrogens is 757 g/mol. The first kappa shape index (κ1) is 34.4. The van der Waals surface area contributed by atoms with Crippen molar-refractivity contribution in [2.24, 2.45) is 9.98 Å². The summed E-state index contributed by atoms with van der Waals surface area (Å²) in [6.45, 7) is 0. The van der Waals surface area contributed by atoms with E-state index >= 15 is 0 Å². The van der Waals surface area contributed by atoms with Crippen LogP contribution in [0.3, 0.4) is 0 Å². The smallest absolute Gasteiger partial charge is 0.116 e. The number of hydrogen-bond acceptors (Lipinski definition) is 4. The van der Waals surface area contributed by atoms with Crippen LogP contribution in [0.15, 0.2) is 216 Å². The van der Waals surface area contributed by atoms with E-state index in [2.05, 4.69) is 203 Å². The van der Waals surface area contributed by atoms with Crippen molar-refractivity contribution in [3.05, 3.63) is 229 Å². The molecule has 6 nitrogen and oxygen atoms in total. The van der Waals surface area contributed by atoms with Gasteiger partial charge in [-0.2, -0.15) is 0 Å². The van der Waals surface area contributed by atoms with E-state index < -0.39 is 0 Å². The van der Waals surface area contributed by atoms with Gasteiger partial charge in [-0.15, -0.1) is 0 Å². The number of para-hydroxylation sites is 6. The lowest BCUT2D eigenvalue weighted by molar-refractivity contribution is 1.18. The number of aromatic nitrogens is 4. The Morgan fingerprint density at radius 3 is 1.16 bits per heavy atom. The SMILES string of the molecule is c1ccc(-n2c3ccccc3c3ccc(C4=Nc5cc6ccccc6nc5C(c5ccc6c7ccccc7n(-c7ccccc7)c6c5)=Nc5cc6ccccc6nc54)cc32)cc1. The highest BCUT2D eigenvalue weighted by molar-refractivity contribution is 6.24. The van der Waals surface area contributed by atoms with E-state index in [1.54, 1.807) is 0 Å². The molecule has 0 N–H and O–H groups in total. The summed E-state index contributed by atoms with van der Waals surface area (Å²) in [7, 11) is 0. The third-order valence-electron chi connectivity index (χ3n) is 12.2. The van der Waals surface area contributed by atoms with Crippen LogP contribution in [-0.2, 0) is 0 Å². The van der Waals surface area contributed by atoms with Gasteiger partial charge in [0.1, 0.15) is 11.4 Å². The van der Waals surface area contributed by atoms with Gasteiger partial charge in [0.05, 0.1) is 55.9 Å². The molecule has 0 radical (unpaired) electrons. The van der Waals surface area contributed by atoms with Gasteiger partial charge in [-0.05, 0) is 72.8 Å². The van der Waals surface area contributed by atoms with E-state index in [9.17, 15) is 0 Å². The predicted molar refractivity (Wildman–Crippen MR) is 256 cm³/mol. The highest BCUT2D eigenvalue weighted by atomic mass is 15.0. The first-order chi connectivity index (χ1) is 30.7. The van der Waals surface area contributed by atoms with E-state index in [-0.39, 0.29) is 0 Å². The summed E-state index contributed by atoms with van der Waals surface area (Å²) < 4.78 is 4.69. The van der Waals surface area contributed by atoms with Crippen molar-refractivity contribution in [2.75, 3.05) is 0 Å². The molecule has 0 atom stereocenters. The minimum absolute atomic E-state index is 0.709. The molecule has 4 aromatic heterocycles. The highest BCUT2D eigenvalue weighted by Crippen LogP contribution is 2.39. The predicted octanol–water partition coefficient (Wildman–Crippen LogP) is 13.6. The summed E-state index contributed by atoms with van der Waals surface area (Å²) in [6.07, 6.45) is 0. The normalized spacial score (nSPS) is 12.7. The molecule has 13 rings (SSSR count). The number of fused-ring (bicyclic) bond motifs is 10. The second kappa shape index (κ2) is 13.5. The molecule has 1 aliphatic rings. The Morgan fingerprint density at radius 2 is 0.694 bits per heavy atom. The minimum atomic E-state index is 0.709. The van der Waals surface area contributed by atoms with Crippen LogP contribution in [0.1, 0.15) is 22.5 Å². The number of benzene rings is 8. The number of rotatable bonds is 4. The Hall–Kier alpha value is -8.48. The average molecular weight is 791 g/mol. The van der Waals surface area contributed by atoms with Crippen LogP contribution >= 0.6 is 0 Å². The van der Waals surface area contributed by atoms with E-state index in [0.29, 0.717) is 11.4 Å². The van der Waals surface area contributed by atoms with Crippen LogP contribution in [-0.4, -0.2) is 30.5 Å². The standard InChI is InChI=1S/C56H34N6/c1-3-17-39(18-4-1)61-49-25-13-9-21-41(49)43-29-27-37(33-51(43)61)53-55-47(31-35-15-7-11-23-45(35)57-55)60-54(56-48(59-53)32-36-16-8-12-24-46(36)58-56)38-28-30-44-42-22-10-14-26-50(42)62(52(44)34-38)40-19-5-2-6-20-40/h1-34H. The quantitative estimate of drug-likeness (QED) is 0.178. The molecule has 0 unspecified atom stereocenters. The topological polar surface area (TPSA) is 60.4 Å². The number of pyridine rings is 2. The lowest BCUT2D eigenvalue weighted by Gasteiger charge is -2.19. The number of aliphatic imine (C=N–C) groups is 2. The minimum Gasteiger partial charge on any atom is -0.309 e. The fourth-order valence-corrected chi connectivity index (χ4v) is 9.42. The molecule has 0 saturated carbocycles. The van der Waals surface area contributed by atoms with E-state index in [0.717, 1.165) is 89.2 Å². The summed E-state index contributed by atoms with van der Waals surface area (Å²) in [5.41, 5.74) is 14.6. The lowest BCUT2D eigenvalue weighted by atomic mass is 9.98. The van der Waals surface area contributed by atoms with Crippen molar-refractivity contribution in [1.29, 1.82) is 0 Å². The third kappa shape index (κ3) is 5.30. The molecule has 12 aromatic rings. The molecule has 5 heterocycles. The first-order valence-electron chi connectivity index (χ1n) is 20.9. The van der Waals surface area contributed by atoms with Gasteiger partial charge in [0.2, 0.25) is 0 Å². The summed E-state index contributed by atoms with van der Waals surface area (Å²) in [6, 6.07) is 72.5. The van der Waals surface area contributed by atoms with Gasteiger partial charge in [0.25, 0.3) is 0 Å². The monoisotopic (exact) mass is 790 g/mol. The van der Waals surface area contributed by atoms with Crippen LogP contribution in [0, 0.1) is 0 Å². The van der Waals surface area contributed by atoms with Gasteiger partial charge < -0.3 is 9.13 Å². The van der Waals surface area contributed by atoms with Crippen LogP contribution < -0.4 is 0 Å². The van der Waals surface area contributed by atoms with Crippen molar-refractivity contribution in [3.63, 3.8) is 0 Å². The Morgan fingerprint density at radius 1 is 0.306 bits per heavy atom. The number of nitrogens with zero attached hydrogens (tertiary/aromatic N) is 6. The second-order valence-corrected chi connectivity index (χ2v) is 15.9. The summed E-state index contributed by atoms with van der Waals surface area (Å²) in [5, 5.41) is 6.73. The summed E-state index contributed by atoms with van der Waals surface area (Å²) in [5.74, 6) is 0. The van der Waals surface area contributed by atoms with Gasteiger partial charge in [-0.3, -0.25) is 0 Å². The Labute approximate surface area is 356 Å². The largest absolute Gasteiger partial charge is 0.309 e. The average Bonchev–Trinajstić information content (AvgIpc) is 3.84. The van der Waals surface area contributed by atoms with Gasteiger partial charge >= 0.3 is 0 Å². The zero-order valence-electron chi connectivity index (χ0n) is 33.3. The molecule has 0 fully saturated rings. The van der Waals surface area contributed by atoms with E-state index in [1.165, 1.54) is 21.5 Å². The van der Waals surface area contributed by atoms with Crippen molar-refractivity contribution < 1.29 is 0 Å². The fraction of sp³-hybridized carbons (Fsp3) is 0. The maximum absolute atomic E-state index is 5.67. The highest BCUT2D eigenvalue weighted by Gasteiger charge is 2.26. The van der Waals surface area contributed by atoms with Crippen LogP contribution in [0.4, 0.5) is 11.4 Å². The molecule has 6 heteroatoms. The Bertz CT molecular complexity index is 3600. The summed E-state index contributed by atoms with van der Waals surface area (Å²) in [4.78, 5) is 22.1. The second-order valence-electron chi connectivity index (χ2n) is 15.9. The zero-order valence-corrected chi connectivity index (χ0v) is 33.3. The van der Waals surface area contributed by atoms with Gasteiger partial charge in [-0.25, -0.2) is 20.0 Å². The molecule has 288 valence electrons. The molecule has 0 aliphatic carbocycles. The van der Waals surface area contributed by atoms with Crippen LogP contribution in [0.5, 0.6) is 0 Å². The van der Waals surface area contributed by atoms with Crippen LogP contribution in [0.2, 0.25) is 0 Å². The summed E-state index contributed by atoms with van der Waals surface area (Å²) >= 11 is 0. The van der Waals surface area contributed by atoms with Crippen molar-refractivity contribution in [1.82, 2.24) is 19.1 Å². The number of hydrogen-bond donors (Lipinski definition) is 0. The molecule has 0 amide bonds. The first-order valence-corrected chi connectivity index (χ1v) is 20.9. The van der Waals surface area contributed by atoms with E-state index in [1.807, 2.05) is 12.1 Å². The molecule has 0 spiro atoms. The molecule has 62 heavy (non-hydrogen) atoms. The molecule has 0 saturated heterocycles.